The Morgan fingerprint density at radius 2 is 2.14 bits per heavy atom. The number of anilines is 1. The van der Waals surface area contributed by atoms with Crippen LogP contribution in [0.4, 0.5) is 5.69 Å². The predicted octanol–water partition coefficient (Wildman–Crippen LogP) is 3.08. The molecule has 150 valence electrons. The number of benzene rings is 1. The van der Waals surface area contributed by atoms with Crippen LogP contribution in [0.1, 0.15) is 17.7 Å². The SMILES string of the molecule is COc1ccc(C)cc1N1CC(C(=O)NCc2cn3cc(Br)ccc3n2)CC1=O. The number of aryl methyl sites for hydroxylation is 1. The zero-order valence-electron chi connectivity index (χ0n) is 16.2. The molecule has 29 heavy (non-hydrogen) atoms. The number of rotatable bonds is 5. The Morgan fingerprint density at radius 3 is 2.93 bits per heavy atom. The number of amides is 2. The van der Waals surface area contributed by atoms with Gasteiger partial charge < -0.3 is 19.4 Å². The lowest BCUT2D eigenvalue weighted by atomic mass is 10.1. The van der Waals surface area contributed by atoms with Crippen LogP contribution < -0.4 is 15.0 Å². The third-order valence-corrected chi connectivity index (χ3v) is 5.50. The van der Waals surface area contributed by atoms with Gasteiger partial charge in [-0.2, -0.15) is 0 Å². The first kappa shape index (κ1) is 19.4. The summed E-state index contributed by atoms with van der Waals surface area (Å²) in [5.41, 5.74) is 3.31. The van der Waals surface area contributed by atoms with Gasteiger partial charge in [0.05, 0.1) is 31.0 Å². The topological polar surface area (TPSA) is 75.9 Å². The van der Waals surface area contributed by atoms with Gasteiger partial charge in [-0.05, 0) is 52.7 Å². The molecule has 2 amide bonds. The third kappa shape index (κ3) is 3.98. The molecule has 1 aromatic carbocycles. The number of methoxy groups -OCH3 is 1. The molecule has 1 aliphatic rings. The van der Waals surface area contributed by atoms with Gasteiger partial charge in [-0.3, -0.25) is 9.59 Å². The van der Waals surface area contributed by atoms with E-state index in [0.717, 1.165) is 21.4 Å². The molecule has 2 aromatic heterocycles. The number of fused-ring (bicyclic) bond motifs is 1. The van der Waals surface area contributed by atoms with E-state index in [1.807, 2.05) is 54.0 Å². The Labute approximate surface area is 176 Å². The fraction of sp³-hybridized carbons (Fsp3) is 0.286. The van der Waals surface area contributed by atoms with E-state index in [0.29, 0.717) is 24.5 Å². The van der Waals surface area contributed by atoms with Crippen LogP contribution in [0.25, 0.3) is 5.65 Å². The van der Waals surface area contributed by atoms with Crippen molar-refractivity contribution >= 4 is 39.1 Å². The number of halogens is 1. The average molecular weight is 457 g/mol. The van der Waals surface area contributed by atoms with E-state index in [9.17, 15) is 9.59 Å². The standard InChI is InChI=1S/C21H21BrN4O3/c1-13-3-5-18(29-2)17(7-13)26-10-14(8-20(26)27)21(28)23-9-16-12-25-11-15(22)4-6-19(25)24-16/h3-7,11-12,14H,8-10H2,1-2H3,(H,23,28). The lowest BCUT2D eigenvalue weighted by Crippen LogP contribution is -2.32. The molecule has 1 N–H and O–H groups in total. The summed E-state index contributed by atoms with van der Waals surface area (Å²) in [6.07, 6.45) is 3.97. The van der Waals surface area contributed by atoms with Crippen molar-refractivity contribution in [3.63, 3.8) is 0 Å². The van der Waals surface area contributed by atoms with Crippen LogP contribution in [-0.2, 0) is 16.1 Å². The van der Waals surface area contributed by atoms with Crippen molar-refractivity contribution in [3.05, 3.63) is 58.5 Å². The average Bonchev–Trinajstić information content (AvgIpc) is 3.28. The maximum Gasteiger partial charge on any atom is 0.227 e. The van der Waals surface area contributed by atoms with Gasteiger partial charge in [0, 0.05) is 29.8 Å². The highest BCUT2D eigenvalue weighted by molar-refractivity contribution is 9.10. The zero-order chi connectivity index (χ0) is 20.5. The highest BCUT2D eigenvalue weighted by Gasteiger charge is 2.36. The highest BCUT2D eigenvalue weighted by atomic mass is 79.9. The molecule has 0 radical (unpaired) electrons. The van der Waals surface area contributed by atoms with E-state index in [1.54, 1.807) is 12.0 Å². The second-order valence-electron chi connectivity index (χ2n) is 7.14. The van der Waals surface area contributed by atoms with E-state index in [1.165, 1.54) is 0 Å². The molecule has 1 atom stereocenters. The summed E-state index contributed by atoms with van der Waals surface area (Å²) in [4.78, 5) is 31.4. The summed E-state index contributed by atoms with van der Waals surface area (Å²) >= 11 is 3.43. The molecule has 1 saturated heterocycles. The van der Waals surface area contributed by atoms with E-state index in [-0.39, 0.29) is 18.2 Å². The van der Waals surface area contributed by atoms with E-state index in [4.69, 9.17) is 4.74 Å². The van der Waals surface area contributed by atoms with Crippen molar-refractivity contribution in [2.75, 3.05) is 18.6 Å². The van der Waals surface area contributed by atoms with Crippen LogP contribution in [0, 0.1) is 12.8 Å². The Morgan fingerprint density at radius 1 is 1.31 bits per heavy atom. The molecule has 0 bridgehead atoms. The maximum atomic E-state index is 12.7. The maximum absolute atomic E-state index is 12.7. The van der Waals surface area contributed by atoms with Crippen molar-refractivity contribution < 1.29 is 14.3 Å². The largest absolute Gasteiger partial charge is 0.495 e. The number of carbonyl (C=O) groups is 2. The fourth-order valence-corrected chi connectivity index (χ4v) is 3.90. The smallest absolute Gasteiger partial charge is 0.227 e. The minimum Gasteiger partial charge on any atom is -0.495 e. The molecule has 1 aliphatic heterocycles. The number of aromatic nitrogens is 2. The second kappa shape index (κ2) is 7.87. The fourth-order valence-electron chi connectivity index (χ4n) is 3.55. The quantitative estimate of drug-likeness (QED) is 0.639. The molecule has 3 aromatic rings. The third-order valence-electron chi connectivity index (χ3n) is 5.03. The van der Waals surface area contributed by atoms with Crippen molar-refractivity contribution in [1.82, 2.24) is 14.7 Å². The first-order chi connectivity index (χ1) is 13.9. The van der Waals surface area contributed by atoms with Crippen LogP contribution >= 0.6 is 15.9 Å². The minimum absolute atomic E-state index is 0.0772. The van der Waals surface area contributed by atoms with Gasteiger partial charge in [0.25, 0.3) is 0 Å². The van der Waals surface area contributed by atoms with Gasteiger partial charge in [0.1, 0.15) is 11.4 Å². The molecule has 1 unspecified atom stereocenters. The molecular weight excluding hydrogens is 436 g/mol. The lowest BCUT2D eigenvalue weighted by molar-refractivity contribution is -0.126. The van der Waals surface area contributed by atoms with Crippen LogP contribution in [0.5, 0.6) is 5.75 Å². The van der Waals surface area contributed by atoms with Gasteiger partial charge in [0.15, 0.2) is 0 Å². The number of imidazole rings is 1. The van der Waals surface area contributed by atoms with Crippen LogP contribution in [0.2, 0.25) is 0 Å². The van der Waals surface area contributed by atoms with Crippen LogP contribution in [-0.4, -0.2) is 34.9 Å². The molecule has 0 spiro atoms. The zero-order valence-corrected chi connectivity index (χ0v) is 17.8. The number of pyridine rings is 1. The number of hydrogen-bond acceptors (Lipinski definition) is 4. The van der Waals surface area contributed by atoms with Crippen LogP contribution in [0.15, 0.2) is 47.2 Å². The monoisotopic (exact) mass is 456 g/mol. The lowest BCUT2D eigenvalue weighted by Gasteiger charge is -2.20. The number of nitrogens with zero attached hydrogens (tertiary/aromatic N) is 3. The Kier molecular flexibility index (Phi) is 5.27. The highest BCUT2D eigenvalue weighted by Crippen LogP contribution is 2.34. The van der Waals surface area contributed by atoms with Gasteiger partial charge in [-0.25, -0.2) is 4.98 Å². The predicted molar refractivity (Wildman–Crippen MR) is 113 cm³/mol. The van der Waals surface area contributed by atoms with Crippen molar-refractivity contribution in [3.8, 4) is 5.75 Å². The molecule has 4 rings (SSSR count). The Hall–Kier alpha value is -2.87. The van der Waals surface area contributed by atoms with E-state index in [2.05, 4.69) is 26.2 Å². The Bertz CT molecular complexity index is 1090. The summed E-state index contributed by atoms with van der Waals surface area (Å²) in [6.45, 7) is 2.61. The first-order valence-electron chi connectivity index (χ1n) is 9.30. The second-order valence-corrected chi connectivity index (χ2v) is 8.06. The number of hydrogen-bond donors (Lipinski definition) is 1. The molecule has 0 saturated carbocycles. The number of carbonyl (C=O) groups excluding carboxylic acids is 2. The first-order valence-corrected chi connectivity index (χ1v) is 10.1. The number of ether oxygens (including phenoxy) is 1. The Balaban J connectivity index is 1.43. The summed E-state index contributed by atoms with van der Waals surface area (Å²) in [7, 11) is 1.58. The van der Waals surface area contributed by atoms with E-state index >= 15 is 0 Å². The normalized spacial score (nSPS) is 16.4. The summed E-state index contributed by atoms with van der Waals surface area (Å²) in [5.74, 6) is -0.00268. The summed E-state index contributed by atoms with van der Waals surface area (Å²) < 4.78 is 8.24. The molecule has 7 nitrogen and oxygen atoms in total. The van der Waals surface area contributed by atoms with Crippen molar-refractivity contribution in [1.29, 1.82) is 0 Å². The molecule has 3 heterocycles. The van der Waals surface area contributed by atoms with E-state index < -0.39 is 5.92 Å². The van der Waals surface area contributed by atoms with Gasteiger partial charge >= 0.3 is 0 Å². The van der Waals surface area contributed by atoms with Gasteiger partial charge in [-0.15, -0.1) is 0 Å². The summed E-state index contributed by atoms with van der Waals surface area (Å²) in [6, 6.07) is 9.50. The number of nitrogens with one attached hydrogen (secondary N) is 1. The minimum atomic E-state index is -0.404. The molecule has 1 fully saturated rings. The summed E-state index contributed by atoms with van der Waals surface area (Å²) in [5, 5.41) is 2.91. The van der Waals surface area contributed by atoms with Gasteiger partial charge in [-0.1, -0.05) is 6.07 Å². The molecule has 8 heteroatoms. The molecule has 0 aliphatic carbocycles. The van der Waals surface area contributed by atoms with Crippen molar-refractivity contribution in [2.45, 2.75) is 19.9 Å². The van der Waals surface area contributed by atoms with Crippen molar-refractivity contribution in [2.24, 2.45) is 5.92 Å². The molecular formula is C21H21BrN4O3. The van der Waals surface area contributed by atoms with Gasteiger partial charge in [0.2, 0.25) is 11.8 Å². The van der Waals surface area contributed by atoms with Crippen LogP contribution in [0.3, 0.4) is 0 Å².